The van der Waals surface area contributed by atoms with Crippen LogP contribution in [-0.2, 0) is 0 Å². The van der Waals surface area contributed by atoms with Gasteiger partial charge in [0, 0.05) is 13.1 Å². The molecule has 28 heavy (non-hydrogen) atoms. The van der Waals surface area contributed by atoms with Gasteiger partial charge >= 0.3 is 6.01 Å². The molecule has 0 radical (unpaired) electrons. The first-order valence-electron chi connectivity index (χ1n) is 11.2. The molecule has 3 rings (SSSR count). The first kappa shape index (κ1) is 21.0. The lowest BCUT2D eigenvalue weighted by molar-refractivity contribution is 0.165. The zero-order valence-electron chi connectivity index (χ0n) is 17.8. The number of nitrogens with two attached hydrogens (primary N) is 1. The highest BCUT2D eigenvalue weighted by atomic mass is 16.5. The number of likely N-dealkylation sites (tertiary alicyclic amines) is 1. The Bertz CT molecular complexity index is 611. The van der Waals surface area contributed by atoms with E-state index in [9.17, 15) is 0 Å². The molecule has 3 heterocycles. The Hall–Kier alpha value is -1.76. The van der Waals surface area contributed by atoms with Crippen molar-refractivity contribution in [1.82, 2.24) is 14.9 Å². The average molecular weight is 391 g/mol. The SMILES string of the molecule is CCCCOc1nc(N)c2c(n1)N(CCCC1CCCN(CCCC)C1)CN2. The Labute approximate surface area is 170 Å². The Balaban J connectivity index is 1.49. The van der Waals surface area contributed by atoms with Crippen LogP contribution in [0.1, 0.15) is 65.2 Å². The van der Waals surface area contributed by atoms with Crippen molar-refractivity contribution in [1.29, 1.82) is 0 Å². The molecule has 7 nitrogen and oxygen atoms in total. The number of piperidine rings is 1. The number of unbranched alkanes of at least 4 members (excludes halogenated alkanes) is 2. The average Bonchev–Trinajstić information content (AvgIpc) is 3.10. The first-order chi connectivity index (χ1) is 13.7. The smallest absolute Gasteiger partial charge is 0.320 e. The number of nitrogens with one attached hydrogen (secondary N) is 1. The van der Waals surface area contributed by atoms with Gasteiger partial charge in [-0.1, -0.05) is 26.7 Å². The molecule has 1 aromatic rings. The summed E-state index contributed by atoms with van der Waals surface area (Å²) in [5.74, 6) is 2.22. The molecule has 0 aliphatic carbocycles. The van der Waals surface area contributed by atoms with Crippen LogP contribution in [0.15, 0.2) is 0 Å². The second-order valence-corrected chi connectivity index (χ2v) is 8.20. The van der Waals surface area contributed by atoms with Crippen molar-refractivity contribution in [2.45, 2.75) is 65.2 Å². The number of nitrogens with zero attached hydrogens (tertiary/aromatic N) is 4. The van der Waals surface area contributed by atoms with Crippen LogP contribution in [0.25, 0.3) is 0 Å². The molecule has 1 saturated heterocycles. The van der Waals surface area contributed by atoms with Gasteiger partial charge in [-0.2, -0.15) is 9.97 Å². The quantitative estimate of drug-likeness (QED) is 0.557. The van der Waals surface area contributed by atoms with Crippen molar-refractivity contribution < 1.29 is 4.74 Å². The van der Waals surface area contributed by atoms with E-state index in [-0.39, 0.29) is 0 Å². The molecular weight excluding hydrogens is 352 g/mol. The lowest BCUT2D eigenvalue weighted by Gasteiger charge is -2.33. The van der Waals surface area contributed by atoms with Gasteiger partial charge in [0.1, 0.15) is 5.69 Å². The van der Waals surface area contributed by atoms with Crippen molar-refractivity contribution in [3.63, 3.8) is 0 Å². The zero-order chi connectivity index (χ0) is 19.8. The summed E-state index contributed by atoms with van der Waals surface area (Å²) in [7, 11) is 0. The monoisotopic (exact) mass is 390 g/mol. The molecule has 3 N–H and O–H groups in total. The maximum absolute atomic E-state index is 6.11. The van der Waals surface area contributed by atoms with Gasteiger partial charge in [-0.3, -0.25) is 0 Å². The summed E-state index contributed by atoms with van der Waals surface area (Å²) in [6.07, 6.45) is 9.90. The predicted molar refractivity (Wildman–Crippen MR) is 116 cm³/mol. The molecule has 0 aromatic carbocycles. The van der Waals surface area contributed by atoms with Crippen molar-refractivity contribution >= 4 is 17.3 Å². The third kappa shape index (κ3) is 5.63. The van der Waals surface area contributed by atoms with Crippen LogP contribution >= 0.6 is 0 Å². The third-order valence-electron chi connectivity index (χ3n) is 5.84. The summed E-state index contributed by atoms with van der Waals surface area (Å²) >= 11 is 0. The summed E-state index contributed by atoms with van der Waals surface area (Å²) in [6, 6.07) is 0.400. The van der Waals surface area contributed by atoms with E-state index >= 15 is 0 Å². The number of rotatable bonds is 11. The summed E-state index contributed by atoms with van der Waals surface area (Å²) < 4.78 is 5.68. The van der Waals surface area contributed by atoms with E-state index in [2.05, 4.69) is 38.9 Å². The van der Waals surface area contributed by atoms with Gasteiger partial charge in [0.15, 0.2) is 11.6 Å². The maximum Gasteiger partial charge on any atom is 0.320 e. The normalized spacial score (nSPS) is 19.5. The molecule has 1 fully saturated rings. The fourth-order valence-electron chi connectivity index (χ4n) is 4.19. The maximum atomic E-state index is 6.11. The van der Waals surface area contributed by atoms with Gasteiger partial charge in [0.2, 0.25) is 0 Å². The van der Waals surface area contributed by atoms with Crippen molar-refractivity contribution in [2.75, 3.05) is 55.4 Å². The molecule has 0 bridgehead atoms. The molecular formula is C21H38N6O. The van der Waals surface area contributed by atoms with E-state index in [0.717, 1.165) is 43.5 Å². The minimum atomic E-state index is 0.400. The molecule has 0 spiro atoms. The summed E-state index contributed by atoms with van der Waals surface area (Å²) in [5, 5.41) is 3.34. The molecule has 7 heteroatoms. The second-order valence-electron chi connectivity index (χ2n) is 8.20. The zero-order valence-corrected chi connectivity index (χ0v) is 17.8. The van der Waals surface area contributed by atoms with Crippen LogP contribution in [0.3, 0.4) is 0 Å². The van der Waals surface area contributed by atoms with Gasteiger partial charge < -0.3 is 25.6 Å². The molecule has 0 amide bonds. The van der Waals surface area contributed by atoms with E-state index < -0.39 is 0 Å². The van der Waals surface area contributed by atoms with E-state index in [0.29, 0.717) is 18.4 Å². The molecule has 2 aliphatic rings. The van der Waals surface area contributed by atoms with Crippen LogP contribution < -0.4 is 20.7 Å². The summed E-state index contributed by atoms with van der Waals surface area (Å²) in [4.78, 5) is 13.8. The Kier molecular flexibility index (Phi) is 8.01. The topological polar surface area (TPSA) is 79.5 Å². The second kappa shape index (κ2) is 10.7. The van der Waals surface area contributed by atoms with Crippen LogP contribution in [0.5, 0.6) is 6.01 Å². The number of nitrogen functional groups attached to an aromatic ring is 1. The predicted octanol–water partition coefficient (Wildman–Crippen LogP) is 3.72. The van der Waals surface area contributed by atoms with Gasteiger partial charge in [-0.25, -0.2) is 0 Å². The van der Waals surface area contributed by atoms with E-state index in [1.807, 2.05) is 0 Å². The molecule has 1 aromatic heterocycles. The highest BCUT2D eigenvalue weighted by Gasteiger charge is 2.25. The van der Waals surface area contributed by atoms with Gasteiger partial charge in [-0.15, -0.1) is 0 Å². The van der Waals surface area contributed by atoms with E-state index in [4.69, 9.17) is 10.5 Å². The highest BCUT2D eigenvalue weighted by molar-refractivity contribution is 5.80. The number of hydrogen-bond acceptors (Lipinski definition) is 7. The van der Waals surface area contributed by atoms with Crippen molar-refractivity contribution in [3.05, 3.63) is 0 Å². The minimum Gasteiger partial charge on any atom is -0.463 e. The minimum absolute atomic E-state index is 0.400. The van der Waals surface area contributed by atoms with Crippen molar-refractivity contribution in [2.24, 2.45) is 5.92 Å². The van der Waals surface area contributed by atoms with E-state index in [1.54, 1.807) is 0 Å². The largest absolute Gasteiger partial charge is 0.463 e. The Morgan fingerprint density at radius 1 is 1.14 bits per heavy atom. The van der Waals surface area contributed by atoms with Crippen LogP contribution in [0.4, 0.5) is 17.3 Å². The van der Waals surface area contributed by atoms with Gasteiger partial charge in [0.05, 0.1) is 13.3 Å². The molecule has 1 atom stereocenters. The first-order valence-corrected chi connectivity index (χ1v) is 11.2. The third-order valence-corrected chi connectivity index (χ3v) is 5.84. The Morgan fingerprint density at radius 3 is 2.82 bits per heavy atom. The van der Waals surface area contributed by atoms with Crippen LogP contribution in [-0.4, -0.2) is 54.3 Å². The highest BCUT2D eigenvalue weighted by Crippen LogP contribution is 2.35. The van der Waals surface area contributed by atoms with Crippen LogP contribution in [0, 0.1) is 5.92 Å². The van der Waals surface area contributed by atoms with Crippen LogP contribution in [0.2, 0.25) is 0 Å². The molecule has 2 aliphatic heterocycles. The number of fused-ring (bicyclic) bond motifs is 1. The van der Waals surface area contributed by atoms with Crippen molar-refractivity contribution in [3.8, 4) is 6.01 Å². The number of ether oxygens (including phenoxy) is 1. The van der Waals surface area contributed by atoms with Gasteiger partial charge in [0.25, 0.3) is 0 Å². The molecule has 1 unspecified atom stereocenters. The molecule has 0 saturated carbocycles. The summed E-state index contributed by atoms with van der Waals surface area (Å²) in [6.45, 7) is 10.6. The number of anilines is 3. The lowest BCUT2D eigenvalue weighted by Crippen LogP contribution is -2.36. The molecule has 158 valence electrons. The number of aromatic nitrogens is 2. The Morgan fingerprint density at radius 2 is 2.00 bits per heavy atom. The summed E-state index contributed by atoms with van der Waals surface area (Å²) in [5.41, 5.74) is 6.97. The number of hydrogen-bond donors (Lipinski definition) is 2. The standard InChI is InChI=1S/C21H38N6O/c1-3-5-11-26-12-7-9-17(15-26)10-8-13-27-16-23-18-19(22)24-21(25-20(18)27)28-14-6-4-2/h17,23H,3-16H2,1-2H3,(H2,22,24,25). The fourth-order valence-corrected chi connectivity index (χ4v) is 4.19. The fraction of sp³-hybridized carbons (Fsp3) is 0.810. The van der Waals surface area contributed by atoms with Gasteiger partial charge in [-0.05, 0) is 57.5 Å². The lowest BCUT2D eigenvalue weighted by atomic mass is 9.93. The van der Waals surface area contributed by atoms with E-state index in [1.165, 1.54) is 58.2 Å².